The van der Waals surface area contributed by atoms with E-state index < -0.39 is 0 Å². The van der Waals surface area contributed by atoms with Gasteiger partial charge in [-0.15, -0.1) is 0 Å². The lowest BCUT2D eigenvalue weighted by atomic mass is 9.79. The number of piperazine rings is 1. The largest absolute Gasteiger partial charge is 0.369 e. The molecular formula is C25H36N6O2. The van der Waals surface area contributed by atoms with Gasteiger partial charge in [0.15, 0.2) is 0 Å². The first kappa shape index (κ1) is 22.3. The van der Waals surface area contributed by atoms with Crippen molar-refractivity contribution in [2.24, 2.45) is 13.0 Å². The number of nitrogens with zero attached hydrogens (tertiary/aromatic N) is 4. The fourth-order valence-corrected chi connectivity index (χ4v) is 6.01. The van der Waals surface area contributed by atoms with E-state index in [-0.39, 0.29) is 23.3 Å². The minimum atomic E-state index is -0.363. The summed E-state index contributed by atoms with van der Waals surface area (Å²) in [7, 11) is 1.93. The summed E-state index contributed by atoms with van der Waals surface area (Å²) in [5, 5.41) is 11.6. The molecule has 0 bridgehead atoms. The van der Waals surface area contributed by atoms with E-state index in [1.807, 2.05) is 11.7 Å². The molecule has 3 fully saturated rings. The molecule has 0 spiro atoms. The zero-order chi connectivity index (χ0) is 23.2. The lowest BCUT2D eigenvalue weighted by Crippen LogP contribution is -2.58. The molecular weight excluding hydrogens is 416 g/mol. The Kier molecular flexibility index (Phi) is 5.91. The van der Waals surface area contributed by atoms with E-state index in [1.54, 1.807) is 0 Å². The maximum absolute atomic E-state index is 12.4. The number of anilines is 1. The molecule has 0 aliphatic carbocycles. The van der Waals surface area contributed by atoms with E-state index in [9.17, 15) is 9.59 Å². The number of hydrogen-bond acceptors (Lipinski definition) is 6. The number of benzene rings is 1. The van der Waals surface area contributed by atoms with E-state index in [4.69, 9.17) is 0 Å². The van der Waals surface area contributed by atoms with Crippen molar-refractivity contribution in [1.29, 1.82) is 0 Å². The number of carbonyl (C=O) groups is 2. The maximum atomic E-state index is 12.4. The molecule has 178 valence electrons. The van der Waals surface area contributed by atoms with Crippen LogP contribution in [-0.4, -0.2) is 71.3 Å². The number of carbonyl (C=O) groups excluding carboxylic acids is 2. The first-order valence-electron chi connectivity index (χ1n) is 12.4. The highest BCUT2D eigenvalue weighted by Gasteiger charge is 2.37. The van der Waals surface area contributed by atoms with Gasteiger partial charge in [0.05, 0.1) is 17.1 Å². The van der Waals surface area contributed by atoms with Crippen LogP contribution in [0.5, 0.6) is 0 Å². The van der Waals surface area contributed by atoms with Crippen LogP contribution in [0.4, 0.5) is 5.69 Å². The Morgan fingerprint density at radius 3 is 2.45 bits per heavy atom. The standard InChI is InChI=1S/C25H36N6O2/c1-25(2,17-8-10-26-11-9-17)31-14-12-30(13-15-31)18-4-5-19-21(16-18)29(3)28-23(19)20-6-7-22(32)27-24(20)33/h4-5,16-17,20,26H,6-15H2,1-3H3,(H,27,32,33). The minimum Gasteiger partial charge on any atom is -0.369 e. The molecule has 1 aromatic carbocycles. The number of fused-ring (bicyclic) bond motifs is 1. The number of hydrogen-bond donors (Lipinski definition) is 2. The summed E-state index contributed by atoms with van der Waals surface area (Å²) < 4.78 is 1.87. The predicted octanol–water partition coefficient (Wildman–Crippen LogP) is 1.99. The smallest absolute Gasteiger partial charge is 0.235 e. The maximum Gasteiger partial charge on any atom is 0.235 e. The van der Waals surface area contributed by atoms with E-state index >= 15 is 0 Å². The number of nitrogens with one attached hydrogen (secondary N) is 2. The first-order chi connectivity index (χ1) is 15.8. The van der Waals surface area contributed by atoms with Gasteiger partial charge in [-0.25, -0.2) is 0 Å². The molecule has 3 aliphatic rings. The minimum absolute atomic E-state index is 0.193. The van der Waals surface area contributed by atoms with E-state index in [0.717, 1.165) is 61.8 Å². The van der Waals surface area contributed by atoms with Crippen molar-refractivity contribution in [3.8, 4) is 0 Å². The fraction of sp³-hybridized carbons (Fsp3) is 0.640. The third-order valence-corrected chi connectivity index (χ3v) is 8.23. The van der Waals surface area contributed by atoms with Crippen LogP contribution in [0.2, 0.25) is 0 Å². The highest BCUT2D eigenvalue weighted by atomic mass is 16.2. The Bertz CT molecular complexity index is 1050. The molecule has 5 rings (SSSR count). The van der Waals surface area contributed by atoms with E-state index in [2.05, 4.69) is 57.6 Å². The normalized spacial score (nSPS) is 23.8. The quantitative estimate of drug-likeness (QED) is 0.691. The van der Waals surface area contributed by atoms with Crippen LogP contribution in [0.1, 0.15) is 51.1 Å². The Labute approximate surface area is 195 Å². The number of piperidine rings is 2. The predicted molar refractivity (Wildman–Crippen MR) is 129 cm³/mol. The average Bonchev–Trinajstić information content (AvgIpc) is 3.15. The number of aryl methyl sites for hydroxylation is 1. The number of imide groups is 1. The second-order valence-corrected chi connectivity index (χ2v) is 10.4. The summed E-state index contributed by atoms with van der Waals surface area (Å²) in [4.78, 5) is 29.1. The van der Waals surface area contributed by atoms with Crippen molar-refractivity contribution in [2.75, 3.05) is 44.2 Å². The Balaban J connectivity index is 1.31. The van der Waals surface area contributed by atoms with Crippen LogP contribution >= 0.6 is 0 Å². The molecule has 33 heavy (non-hydrogen) atoms. The second kappa shape index (κ2) is 8.72. The lowest BCUT2D eigenvalue weighted by Gasteiger charge is -2.49. The summed E-state index contributed by atoms with van der Waals surface area (Å²) in [6.45, 7) is 11.3. The van der Waals surface area contributed by atoms with Crippen LogP contribution in [0, 0.1) is 5.92 Å². The van der Waals surface area contributed by atoms with Crippen molar-refractivity contribution in [1.82, 2.24) is 25.3 Å². The van der Waals surface area contributed by atoms with Crippen molar-refractivity contribution >= 4 is 28.4 Å². The molecule has 0 saturated carbocycles. The Hall–Kier alpha value is -2.45. The number of rotatable bonds is 4. The molecule has 2 N–H and O–H groups in total. The van der Waals surface area contributed by atoms with Gasteiger partial charge in [0.2, 0.25) is 11.8 Å². The molecule has 1 atom stereocenters. The summed E-state index contributed by atoms with van der Waals surface area (Å²) in [6, 6.07) is 6.46. The number of aromatic nitrogens is 2. The van der Waals surface area contributed by atoms with Gasteiger partial charge in [-0.05, 0) is 70.3 Å². The van der Waals surface area contributed by atoms with Crippen molar-refractivity contribution < 1.29 is 9.59 Å². The molecule has 3 saturated heterocycles. The van der Waals surface area contributed by atoms with Gasteiger partial charge in [0.25, 0.3) is 0 Å². The van der Waals surface area contributed by atoms with Crippen LogP contribution in [-0.2, 0) is 16.6 Å². The monoisotopic (exact) mass is 452 g/mol. The van der Waals surface area contributed by atoms with Gasteiger partial charge >= 0.3 is 0 Å². The van der Waals surface area contributed by atoms with E-state index in [1.165, 1.54) is 18.5 Å². The average molecular weight is 453 g/mol. The second-order valence-electron chi connectivity index (χ2n) is 10.4. The van der Waals surface area contributed by atoms with Gasteiger partial charge in [-0.2, -0.15) is 5.10 Å². The van der Waals surface area contributed by atoms with Crippen LogP contribution in [0.3, 0.4) is 0 Å². The molecule has 0 radical (unpaired) electrons. The third-order valence-electron chi connectivity index (χ3n) is 8.23. The lowest BCUT2D eigenvalue weighted by molar-refractivity contribution is -0.134. The van der Waals surface area contributed by atoms with E-state index in [0.29, 0.717) is 12.8 Å². The highest BCUT2D eigenvalue weighted by molar-refractivity contribution is 6.02. The highest BCUT2D eigenvalue weighted by Crippen LogP contribution is 2.34. The zero-order valence-electron chi connectivity index (χ0n) is 20.1. The van der Waals surface area contributed by atoms with Gasteiger partial charge in [-0.1, -0.05) is 0 Å². The molecule has 8 nitrogen and oxygen atoms in total. The van der Waals surface area contributed by atoms with Gasteiger partial charge in [-0.3, -0.25) is 24.5 Å². The van der Waals surface area contributed by atoms with Crippen molar-refractivity contribution in [2.45, 2.75) is 51.0 Å². The van der Waals surface area contributed by atoms with Crippen LogP contribution < -0.4 is 15.5 Å². The Morgan fingerprint density at radius 1 is 1.03 bits per heavy atom. The van der Waals surface area contributed by atoms with Crippen LogP contribution in [0.25, 0.3) is 10.9 Å². The summed E-state index contributed by atoms with van der Waals surface area (Å²) >= 11 is 0. The number of amides is 2. The van der Waals surface area contributed by atoms with Crippen LogP contribution in [0.15, 0.2) is 18.2 Å². The third kappa shape index (κ3) is 4.15. The summed E-state index contributed by atoms with van der Waals surface area (Å²) in [5.74, 6) is -0.0381. The molecule has 3 aliphatic heterocycles. The zero-order valence-corrected chi connectivity index (χ0v) is 20.1. The first-order valence-corrected chi connectivity index (χ1v) is 12.4. The molecule has 1 unspecified atom stereocenters. The van der Waals surface area contributed by atoms with Gasteiger partial charge in [0, 0.05) is 56.3 Å². The van der Waals surface area contributed by atoms with Crippen molar-refractivity contribution in [3.05, 3.63) is 23.9 Å². The van der Waals surface area contributed by atoms with Gasteiger partial charge in [0.1, 0.15) is 0 Å². The summed E-state index contributed by atoms with van der Waals surface area (Å²) in [5.41, 5.74) is 3.25. The molecule has 1 aromatic heterocycles. The fourth-order valence-electron chi connectivity index (χ4n) is 6.01. The van der Waals surface area contributed by atoms with Crippen molar-refractivity contribution in [3.63, 3.8) is 0 Å². The molecule has 4 heterocycles. The molecule has 8 heteroatoms. The SMILES string of the molecule is Cn1nc(C2CCC(=O)NC2=O)c2ccc(N3CCN(C(C)(C)C4CCNCC4)CC3)cc21. The topological polar surface area (TPSA) is 82.5 Å². The van der Waals surface area contributed by atoms with Gasteiger partial charge < -0.3 is 10.2 Å². The summed E-state index contributed by atoms with van der Waals surface area (Å²) in [6.07, 6.45) is 3.41. The Morgan fingerprint density at radius 2 is 1.76 bits per heavy atom. The molecule has 2 aromatic rings. The molecule has 2 amide bonds.